The molecule has 6 heteroatoms. The van der Waals surface area contributed by atoms with Crippen LogP contribution in [0, 0.1) is 0 Å². The average molecular weight is 383 g/mol. The van der Waals surface area contributed by atoms with Crippen LogP contribution in [0.1, 0.15) is 52.0 Å². The number of hydrogen-bond donors (Lipinski definition) is 1. The lowest BCUT2D eigenvalue weighted by Crippen LogP contribution is -2.49. The molecule has 2 atom stereocenters. The number of nitrogens with zero attached hydrogens (tertiary/aromatic N) is 2. The second kappa shape index (κ2) is 7.22. The molecule has 0 N–H and O–H groups in total. The zero-order valence-electron chi connectivity index (χ0n) is 15.5. The van der Waals surface area contributed by atoms with Crippen molar-refractivity contribution in [2.24, 2.45) is 0 Å². The van der Waals surface area contributed by atoms with Gasteiger partial charge in [0, 0.05) is 11.8 Å². The van der Waals surface area contributed by atoms with Crippen molar-refractivity contribution < 1.29 is 8.42 Å². The summed E-state index contributed by atoms with van der Waals surface area (Å²) >= 11 is 4.60. The lowest BCUT2D eigenvalue weighted by atomic mass is 9.87. The van der Waals surface area contributed by atoms with Gasteiger partial charge in [-0.05, 0) is 55.5 Å². The molecular formula is C19H30N2O2S2. The van der Waals surface area contributed by atoms with Gasteiger partial charge in [0.2, 0.25) is 10.0 Å². The van der Waals surface area contributed by atoms with Crippen LogP contribution in [0.2, 0.25) is 0 Å². The van der Waals surface area contributed by atoms with E-state index < -0.39 is 10.0 Å². The Morgan fingerprint density at radius 3 is 2.20 bits per heavy atom. The first-order valence-electron chi connectivity index (χ1n) is 9.24. The fourth-order valence-corrected chi connectivity index (χ4v) is 5.97. The van der Waals surface area contributed by atoms with Crippen LogP contribution in [-0.2, 0) is 15.4 Å². The highest BCUT2D eigenvalue weighted by molar-refractivity contribution is 7.89. The molecule has 0 radical (unpaired) electrons. The van der Waals surface area contributed by atoms with Gasteiger partial charge >= 0.3 is 0 Å². The summed E-state index contributed by atoms with van der Waals surface area (Å²) in [6.07, 6.45) is 4.32. The van der Waals surface area contributed by atoms with Crippen LogP contribution in [0.4, 0.5) is 0 Å². The Hall–Kier alpha value is -0.560. The Labute approximate surface area is 158 Å². The van der Waals surface area contributed by atoms with Crippen molar-refractivity contribution in [3.8, 4) is 0 Å². The van der Waals surface area contributed by atoms with E-state index in [9.17, 15) is 8.42 Å². The second-order valence-corrected chi connectivity index (χ2v) is 10.9. The third kappa shape index (κ3) is 4.07. The van der Waals surface area contributed by atoms with Crippen molar-refractivity contribution in [2.75, 3.05) is 19.6 Å². The monoisotopic (exact) mass is 382 g/mol. The Balaban J connectivity index is 1.86. The van der Waals surface area contributed by atoms with Gasteiger partial charge in [0.15, 0.2) is 0 Å². The number of thiol groups is 1. The molecular weight excluding hydrogens is 352 g/mol. The highest BCUT2D eigenvalue weighted by Gasteiger charge is 2.42. The van der Waals surface area contributed by atoms with Crippen molar-refractivity contribution in [3.05, 3.63) is 29.8 Å². The quantitative estimate of drug-likeness (QED) is 0.814. The normalized spacial score (nSPS) is 26.9. The van der Waals surface area contributed by atoms with Gasteiger partial charge in [0.05, 0.1) is 11.1 Å². The van der Waals surface area contributed by atoms with Gasteiger partial charge in [-0.1, -0.05) is 39.3 Å². The summed E-state index contributed by atoms with van der Waals surface area (Å²) in [7, 11) is -3.49. The summed E-state index contributed by atoms with van der Waals surface area (Å²) in [5.74, 6) is 0. The van der Waals surface area contributed by atoms with Gasteiger partial charge in [-0.3, -0.25) is 4.90 Å². The van der Waals surface area contributed by atoms with Crippen LogP contribution in [0.5, 0.6) is 0 Å². The molecule has 0 spiro atoms. The minimum Gasteiger partial charge on any atom is -0.287 e. The van der Waals surface area contributed by atoms with E-state index in [1.807, 2.05) is 12.1 Å². The Kier molecular flexibility index (Phi) is 5.55. The third-order valence-electron chi connectivity index (χ3n) is 5.35. The van der Waals surface area contributed by atoms with Crippen LogP contribution in [-0.4, -0.2) is 48.7 Å². The van der Waals surface area contributed by atoms with E-state index in [2.05, 4.69) is 38.3 Å². The van der Waals surface area contributed by atoms with Crippen molar-refractivity contribution in [3.63, 3.8) is 0 Å². The van der Waals surface area contributed by atoms with Crippen molar-refractivity contribution >= 4 is 22.7 Å². The van der Waals surface area contributed by atoms with E-state index in [-0.39, 0.29) is 16.8 Å². The Morgan fingerprint density at radius 2 is 1.64 bits per heavy atom. The molecule has 2 aliphatic rings. The number of rotatable bonds is 3. The van der Waals surface area contributed by atoms with Gasteiger partial charge in [-0.2, -0.15) is 16.9 Å². The number of piperidine rings is 1. The standard InChI is InChI=1S/C19H30N2O2S2/c1-19(2,3)15-7-9-17(10-8-15)25(22,23)21-14-16(24)13-18(21)20-11-5-4-6-12-20/h7-10,16,18,24H,4-6,11-14H2,1-3H3/t16-,18-/m0/s1. The molecule has 1 aromatic carbocycles. The first kappa shape index (κ1) is 19.2. The molecule has 2 aliphatic heterocycles. The van der Waals surface area contributed by atoms with Crippen molar-refractivity contribution in [2.45, 2.75) is 68.2 Å². The molecule has 2 heterocycles. The number of benzene rings is 1. The maximum atomic E-state index is 13.3. The predicted molar refractivity (Wildman–Crippen MR) is 106 cm³/mol. The fraction of sp³-hybridized carbons (Fsp3) is 0.684. The van der Waals surface area contributed by atoms with E-state index in [0.29, 0.717) is 11.4 Å². The fourth-order valence-electron chi connectivity index (χ4n) is 3.83. The molecule has 2 fully saturated rings. The zero-order valence-corrected chi connectivity index (χ0v) is 17.2. The van der Waals surface area contributed by atoms with Crippen molar-refractivity contribution in [1.29, 1.82) is 0 Å². The average Bonchev–Trinajstić information content (AvgIpc) is 2.98. The van der Waals surface area contributed by atoms with Gasteiger partial charge in [-0.25, -0.2) is 8.42 Å². The first-order valence-corrected chi connectivity index (χ1v) is 11.2. The largest absolute Gasteiger partial charge is 0.287 e. The topological polar surface area (TPSA) is 40.6 Å². The van der Waals surface area contributed by atoms with Gasteiger partial charge in [-0.15, -0.1) is 0 Å². The van der Waals surface area contributed by atoms with Crippen LogP contribution in [0.15, 0.2) is 29.2 Å². The number of hydrogen-bond acceptors (Lipinski definition) is 4. The summed E-state index contributed by atoms with van der Waals surface area (Å²) in [6, 6.07) is 7.40. The highest BCUT2D eigenvalue weighted by atomic mass is 32.2. The zero-order chi connectivity index (χ0) is 18.2. The molecule has 0 unspecified atom stereocenters. The minimum absolute atomic E-state index is 0.0163. The maximum Gasteiger partial charge on any atom is 0.244 e. The third-order valence-corrected chi connectivity index (χ3v) is 7.60. The second-order valence-electron chi connectivity index (χ2n) is 8.32. The predicted octanol–water partition coefficient (Wildman–Crippen LogP) is 3.49. The molecule has 140 valence electrons. The van der Waals surface area contributed by atoms with Crippen LogP contribution in [0.3, 0.4) is 0 Å². The molecule has 0 aromatic heterocycles. The van der Waals surface area contributed by atoms with E-state index in [1.165, 1.54) is 6.42 Å². The number of sulfonamides is 1. The van der Waals surface area contributed by atoms with Gasteiger partial charge in [0.1, 0.15) is 0 Å². The van der Waals surface area contributed by atoms with Crippen LogP contribution < -0.4 is 0 Å². The molecule has 0 bridgehead atoms. The van der Waals surface area contributed by atoms with Crippen molar-refractivity contribution in [1.82, 2.24) is 9.21 Å². The molecule has 0 amide bonds. The summed E-state index contributed by atoms with van der Waals surface area (Å²) in [5, 5.41) is 0.107. The Morgan fingerprint density at radius 1 is 1.04 bits per heavy atom. The summed E-state index contributed by atoms with van der Waals surface area (Å²) in [4.78, 5) is 2.73. The Bertz CT molecular complexity index is 689. The number of likely N-dealkylation sites (tertiary alicyclic amines) is 1. The smallest absolute Gasteiger partial charge is 0.244 e. The first-order chi connectivity index (χ1) is 11.7. The molecule has 25 heavy (non-hydrogen) atoms. The van der Waals surface area contributed by atoms with Gasteiger partial charge < -0.3 is 0 Å². The minimum atomic E-state index is -3.49. The highest BCUT2D eigenvalue weighted by Crippen LogP contribution is 2.33. The molecule has 0 saturated carbocycles. The van der Waals surface area contributed by atoms with E-state index in [1.54, 1.807) is 16.4 Å². The maximum absolute atomic E-state index is 13.3. The molecule has 0 aliphatic carbocycles. The lowest BCUT2D eigenvalue weighted by molar-refractivity contribution is 0.105. The molecule has 2 saturated heterocycles. The van der Waals surface area contributed by atoms with E-state index in [0.717, 1.165) is 37.9 Å². The lowest BCUT2D eigenvalue weighted by Gasteiger charge is -2.36. The summed E-state index contributed by atoms with van der Waals surface area (Å²) in [5.41, 5.74) is 1.16. The van der Waals surface area contributed by atoms with Crippen LogP contribution >= 0.6 is 12.6 Å². The molecule has 3 rings (SSSR count). The van der Waals surface area contributed by atoms with Crippen LogP contribution in [0.25, 0.3) is 0 Å². The molecule has 4 nitrogen and oxygen atoms in total. The SMILES string of the molecule is CC(C)(C)c1ccc(S(=O)(=O)N2C[C@@H](S)C[C@H]2N2CCCCC2)cc1. The molecule has 1 aromatic rings. The van der Waals surface area contributed by atoms with Gasteiger partial charge in [0.25, 0.3) is 0 Å². The summed E-state index contributed by atoms with van der Waals surface area (Å²) < 4.78 is 28.2. The van der Waals surface area contributed by atoms with E-state index >= 15 is 0 Å². The van der Waals surface area contributed by atoms with E-state index in [4.69, 9.17) is 0 Å². The summed E-state index contributed by atoms with van der Waals surface area (Å²) in [6.45, 7) is 8.87.